The molecule has 0 radical (unpaired) electrons. The fourth-order valence-electron chi connectivity index (χ4n) is 2.33. The fraction of sp³-hybridized carbons (Fsp3) is 0. The van der Waals surface area contributed by atoms with Gasteiger partial charge in [0.05, 0.1) is 28.4 Å². The van der Waals surface area contributed by atoms with E-state index >= 15 is 0 Å². The molecule has 4 heterocycles. The highest BCUT2D eigenvalue weighted by molar-refractivity contribution is 6.00. The summed E-state index contributed by atoms with van der Waals surface area (Å²) >= 11 is 0. The third kappa shape index (κ3) is 1.68. The summed E-state index contributed by atoms with van der Waals surface area (Å²) in [6.07, 6.45) is 4.96. The van der Waals surface area contributed by atoms with Gasteiger partial charge in [-0.3, -0.25) is 0 Å². The van der Waals surface area contributed by atoms with Crippen molar-refractivity contribution in [2.45, 2.75) is 0 Å². The van der Waals surface area contributed by atoms with E-state index in [4.69, 9.17) is 0 Å². The number of aromatic amines is 1. The topological polar surface area (TPSA) is 96.2 Å². The van der Waals surface area contributed by atoms with Gasteiger partial charge >= 0.3 is 5.97 Å². The van der Waals surface area contributed by atoms with Crippen molar-refractivity contribution in [1.82, 2.24) is 24.6 Å². The molecule has 0 unspecified atom stereocenters. The second-order valence-electron chi connectivity index (χ2n) is 4.54. The van der Waals surface area contributed by atoms with Gasteiger partial charge in [0, 0.05) is 12.4 Å². The number of hydrogen-bond acceptors (Lipinski definition) is 4. The molecule has 0 aliphatic rings. The monoisotopic (exact) mass is 279 g/mol. The average Bonchev–Trinajstić information content (AvgIpc) is 3.09. The molecule has 0 spiro atoms. The van der Waals surface area contributed by atoms with Gasteiger partial charge in [-0.25, -0.2) is 19.3 Å². The average molecular weight is 279 g/mol. The van der Waals surface area contributed by atoms with E-state index < -0.39 is 5.97 Å². The number of aromatic carboxylic acids is 1. The Morgan fingerprint density at radius 2 is 2.19 bits per heavy atom. The SMILES string of the molecule is O=C(O)c1ccnc2nc(-c3cnn4ccccc34)[nH]c12. The lowest BCUT2D eigenvalue weighted by molar-refractivity contribution is 0.0698. The third-order valence-corrected chi connectivity index (χ3v) is 3.30. The first-order valence-electron chi connectivity index (χ1n) is 6.25. The standard InChI is InChI=1S/C14H9N5O2/c20-14(21)8-4-5-15-13-11(8)17-12(18-13)9-7-16-19-6-2-1-3-10(9)19/h1-7H,(H,20,21)(H,15,17,18). The second-order valence-corrected chi connectivity index (χ2v) is 4.54. The van der Waals surface area contributed by atoms with E-state index in [0.717, 1.165) is 11.1 Å². The summed E-state index contributed by atoms with van der Waals surface area (Å²) in [7, 11) is 0. The lowest BCUT2D eigenvalue weighted by Gasteiger charge is -1.95. The molecule has 7 heteroatoms. The molecule has 0 fully saturated rings. The van der Waals surface area contributed by atoms with Crippen LogP contribution >= 0.6 is 0 Å². The van der Waals surface area contributed by atoms with E-state index in [2.05, 4.69) is 20.1 Å². The van der Waals surface area contributed by atoms with Crippen LogP contribution in [0.1, 0.15) is 10.4 Å². The van der Waals surface area contributed by atoms with E-state index in [1.807, 2.05) is 24.4 Å². The Labute approximate surface area is 117 Å². The number of pyridine rings is 2. The number of H-pyrrole nitrogens is 1. The number of carboxylic acid groups (broad SMARTS) is 1. The highest BCUT2D eigenvalue weighted by Crippen LogP contribution is 2.25. The Morgan fingerprint density at radius 3 is 3.05 bits per heavy atom. The van der Waals surface area contributed by atoms with Crippen LogP contribution in [0.3, 0.4) is 0 Å². The van der Waals surface area contributed by atoms with Gasteiger partial charge in [0.1, 0.15) is 5.82 Å². The van der Waals surface area contributed by atoms with Gasteiger partial charge in [0.25, 0.3) is 0 Å². The molecular weight excluding hydrogens is 270 g/mol. The van der Waals surface area contributed by atoms with Crippen LogP contribution in [0.15, 0.2) is 42.9 Å². The first-order chi connectivity index (χ1) is 10.2. The molecule has 0 saturated carbocycles. The van der Waals surface area contributed by atoms with Gasteiger partial charge in [0.15, 0.2) is 5.65 Å². The van der Waals surface area contributed by atoms with Crippen LogP contribution in [0, 0.1) is 0 Å². The van der Waals surface area contributed by atoms with E-state index in [1.54, 1.807) is 10.7 Å². The molecule has 21 heavy (non-hydrogen) atoms. The van der Waals surface area contributed by atoms with Gasteiger partial charge in [-0.15, -0.1) is 0 Å². The van der Waals surface area contributed by atoms with Crippen LogP contribution in [0.25, 0.3) is 28.1 Å². The first kappa shape index (κ1) is 11.6. The Kier molecular flexibility index (Phi) is 2.28. The quantitative estimate of drug-likeness (QED) is 0.584. The van der Waals surface area contributed by atoms with Crippen LogP contribution in [0.2, 0.25) is 0 Å². The zero-order valence-electron chi connectivity index (χ0n) is 10.7. The van der Waals surface area contributed by atoms with E-state index in [-0.39, 0.29) is 5.56 Å². The van der Waals surface area contributed by atoms with Crippen molar-refractivity contribution in [1.29, 1.82) is 0 Å². The largest absolute Gasteiger partial charge is 0.478 e. The minimum Gasteiger partial charge on any atom is -0.478 e. The van der Waals surface area contributed by atoms with Gasteiger partial charge in [-0.2, -0.15) is 5.10 Å². The predicted octanol–water partition coefficient (Wildman–Crippen LogP) is 1.97. The molecule has 0 bridgehead atoms. The molecule has 0 aliphatic heterocycles. The normalized spacial score (nSPS) is 11.2. The molecule has 2 N–H and O–H groups in total. The van der Waals surface area contributed by atoms with Crippen molar-refractivity contribution in [3.8, 4) is 11.4 Å². The summed E-state index contributed by atoms with van der Waals surface area (Å²) in [6.45, 7) is 0. The molecule has 0 aromatic carbocycles. The second kappa shape index (κ2) is 4.14. The third-order valence-electron chi connectivity index (χ3n) is 3.30. The molecule has 4 aromatic rings. The van der Waals surface area contributed by atoms with Crippen molar-refractivity contribution in [2.24, 2.45) is 0 Å². The Morgan fingerprint density at radius 1 is 1.29 bits per heavy atom. The number of aromatic nitrogens is 5. The minimum atomic E-state index is -1.02. The molecule has 4 rings (SSSR count). The van der Waals surface area contributed by atoms with Crippen molar-refractivity contribution in [2.75, 3.05) is 0 Å². The van der Waals surface area contributed by atoms with E-state index in [9.17, 15) is 9.90 Å². The molecule has 0 atom stereocenters. The number of hydrogen-bond donors (Lipinski definition) is 2. The maximum atomic E-state index is 11.2. The van der Waals surface area contributed by atoms with Crippen LogP contribution in [0.5, 0.6) is 0 Å². The summed E-state index contributed by atoms with van der Waals surface area (Å²) < 4.78 is 1.73. The van der Waals surface area contributed by atoms with E-state index in [1.165, 1.54) is 12.3 Å². The molecule has 0 saturated heterocycles. The first-order valence-corrected chi connectivity index (χ1v) is 6.25. The van der Waals surface area contributed by atoms with Gasteiger partial charge in [-0.1, -0.05) is 6.07 Å². The Bertz CT molecular complexity index is 985. The predicted molar refractivity (Wildman–Crippen MR) is 75.0 cm³/mol. The van der Waals surface area contributed by atoms with Gasteiger partial charge in [0.2, 0.25) is 0 Å². The number of carboxylic acids is 1. The lowest BCUT2D eigenvalue weighted by Crippen LogP contribution is -1.97. The van der Waals surface area contributed by atoms with Crippen LogP contribution in [0.4, 0.5) is 0 Å². The number of rotatable bonds is 2. The van der Waals surface area contributed by atoms with Gasteiger partial charge in [-0.05, 0) is 18.2 Å². The maximum absolute atomic E-state index is 11.2. The van der Waals surface area contributed by atoms with Crippen LogP contribution < -0.4 is 0 Å². The molecule has 4 aromatic heterocycles. The van der Waals surface area contributed by atoms with Crippen LogP contribution in [-0.4, -0.2) is 35.6 Å². The van der Waals surface area contributed by atoms with Crippen molar-refractivity contribution < 1.29 is 9.90 Å². The van der Waals surface area contributed by atoms with Crippen molar-refractivity contribution >= 4 is 22.6 Å². The van der Waals surface area contributed by atoms with Crippen molar-refractivity contribution in [3.63, 3.8) is 0 Å². The number of nitrogens with zero attached hydrogens (tertiary/aromatic N) is 4. The molecule has 102 valence electrons. The summed E-state index contributed by atoms with van der Waals surface area (Å²) in [5, 5.41) is 13.4. The summed E-state index contributed by atoms with van der Waals surface area (Å²) in [4.78, 5) is 22.7. The smallest absolute Gasteiger partial charge is 0.338 e. The molecular formula is C14H9N5O2. The number of nitrogens with one attached hydrogen (secondary N) is 1. The number of imidazole rings is 1. The molecule has 0 aliphatic carbocycles. The lowest BCUT2D eigenvalue weighted by atomic mass is 10.2. The molecule has 0 amide bonds. The Hall–Kier alpha value is -3.22. The zero-order chi connectivity index (χ0) is 14.4. The summed E-state index contributed by atoms with van der Waals surface area (Å²) in [5.41, 5.74) is 2.61. The van der Waals surface area contributed by atoms with E-state index in [0.29, 0.717) is 17.0 Å². The summed E-state index contributed by atoms with van der Waals surface area (Å²) in [5.74, 6) is -0.468. The van der Waals surface area contributed by atoms with Crippen molar-refractivity contribution in [3.05, 3.63) is 48.4 Å². The molecule has 7 nitrogen and oxygen atoms in total. The highest BCUT2D eigenvalue weighted by Gasteiger charge is 2.16. The zero-order valence-corrected chi connectivity index (χ0v) is 10.7. The number of carbonyl (C=O) groups is 1. The highest BCUT2D eigenvalue weighted by atomic mass is 16.4. The van der Waals surface area contributed by atoms with Gasteiger partial charge < -0.3 is 10.1 Å². The fourth-order valence-corrected chi connectivity index (χ4v) is 2.33. The Balaban J connectivity index is 1.99. The van der Waals surface area contributed by atoms with Crippen LogP contribution in [-0.2, 0) is 0 Å². The maximum Gasteiger partial charge on any atom is 0.338 e. The summed E-state index contributed by atoms with van der Waals surface area (Å²) in [6, 6.07) is 7.15. The number of fused-ring (bicyclic) bond motifs is 2. The minimum absolute atomic E-state index is 0.148.